The van der Waals surface area contributed by atoms with Gasteiger partial charge in [0.1, 0.15) is 5.75 Å². The number of nitrogens with one attached hydrogen (secondary N) is 2. The Kier molecular flexibility index (Phi) is 4.87. The zero-order valence-electron chi connectivity index (χ0n) is 15.5. The number of hydrogen-bond acceptors (Lipinski definition) is 4. The number of hydrogen-bond donors (Lipinski definition) is 2. The molecule has 0 fully saturated rings. The van der Waals surface area contributed by atoms with Gasteiger partial charge in [0, 0.05) is 17.3 Å². The summed E-state index contributed by atoms with van der Waals surface area (Å²) in [5.74, 6) is -1.25. The van der Waals surface area contributed by atoms with Gasteiger partial charge in [-0.3, -0.25) is 4.79 Å². The summed E-state index contributed by atoms with van der Waals surface area (Å²) >= 11 is 0. The van der Waals surface area contributed by atoms with Crippen LogP contribution in [0.2, 0.25) is 0 Å². The maximum Gasteiger partial charge on any atom is 0.256 e. The van der Waals surface area contributed by atoms with E-state index in [0.29, 0.717) is 17.7 Å². The van der Waals surface area contributed by atoms with E-state index in [-0.39, 0.29) is 24.1 Å². The van der Waals surface area contributed by atoms with Crippen molar-refractivity contribution in [2.24, 2.45) is 0 Å². The molecular formula is C21H20F2N2O3. The molecule has 1 aromatic heterocycles. The molecule has 2 N–H and O–H groups in total. The third-order valence-corrected chi connectivity index (χ3v) is 5.13. The maximum absolute atomic E-state index is 13.9. The van der Waals surface area contributed by atoms with Gasteiger partial charge in [-0.05, 0) is 42.1 Å². The average molecular weight is 386 g/mol. The number of fused-ring (bicyclic) bond motifs is 3. The molecule has 3 aromatic rings. The van der Waals surface area contributed by atoms with Crippen LogP contribution in [-0.2, 0) is 11.3 Å². The van der Waals surface area contributed by atoms with E-state index in [1.54, 1.807) is 7.11 Å². The minimum Gasteiger partial charge on any atom is -0.497 e. The van der Waals surface area contributed by atoms with Gasteiger partial charge in [0.2, 0.25) is 0 Å². The SMILES string of the molecule is COc1ccc([C@@H](C)N[C@@H]2COCc3[nH]c(=O)c4cc(F)c(F)cc4c32)cc1. The zero-order chi connectivity index (χ0) is 19.8. The molecule has 2 atom stereocenters. The molecule has 1 aliphatic heterocycles. The highest BCUT2D eigenvalue weighted by Gasteiger charge is 2.27. The Bertz CT molecular complexity index is 1080. The molecule has 5 nitrogen and oxygen atoms in total. The highest BCUT2D eigenvalue weighted by Crippen LogP contribution is 2.32. The Morgan fingerprint density at radius 3 is 2.54 bits per heavy atom. The lowest BCUT2D eigenvalue weighted by Gasteiger charge is -2.30. The molecule has 0 bridgehead atoms. The van der Waals surface area contributed by atoms with Crippen molar-refractivity contribution in [3.8, 4) is 5.75 Å². The molecule has 28 heavy (non-hydrogen) atoms. The number of H-pyrrole nitrogens is 1. The number of benzene rings is 2. The van der Waals surface area contributed by atoms with Crippen LogP contribution in [0.1, 0.15) is 35.8 Å². The van der Waals surface area contributed by atoms with Crippen molar-refractivity contribution in [2.75, 3.05) is 13.7 Å². The van der Waals surface area contributed by atoms with Crippen LogP contribution in [0.15, 0.2) is 41.2 Å². The largest absolute Gasteiger partial charge is 0.497 e. The first-order chi connectivity index (χ1) is 13.5. The second kappa shape index (κ2) is 7.33. The molecule has 146 valence electrons. The van der Waals surface area contributed by atoms with Gasteiger partial charge in [-0.15, -0.1) is 0 Å². The van der Waals surface area contributed by atoms with Gasteiger partial charge in [0.25, 0.3) is 5.56 Å². The zero-order valence-corrected chi connectivity index (χ0v) is 15.5. The molecule has 0 saturated carbocycles. The number of pyridine rings is 1. The van der Waals surface area contributed by atoms with E-state index in [0.717, 1.165) is 29.0 Å². The molecule has 4 rings (SSSR count). The summed E-state index contributed by atoms with van der Waals surface area (Å²) in [5, 5.41) is 4.00. The summed E-state index contributed by atoms with van der Waals surface area (Å²) in [4.78, 5) is 15.0. The maximum atomic E-state index is 13.9. The lowest BCUT2D eigenvalue weighted by Crippen LogP contribution is -2.33. The highest BCUT2D eigenvalue weighted by molar-refractivity contribution is 5.86. The van der Waals surface area contributed by atoms with Crippen LogP contribution in [0.4, 0.5) is 8.78 Å². The van der Waals surface area contributed by atoms with E-state index in [1.807, 2.05) is 31.2 Å². The van der Waals surface area contributed by atoms with E-state index in [9.17, 15) is 13.6 Å². The topological polar surface area (TPSA) is 63.4 Å². The lowest BCUT2D eigenvalue weighted by molar-refractivity contribution is 0.0766. The third-order valence-electron chi connectivity index (χ3n) is 5.13. The van der Waals surface area contributed by atoms with E-state index < -0.39 is 17.2 Å². The van der Waals surface area contributed by atoms with Gasteiger partial charge in [-0.2, -0.15) is 0 Å². The van der Waals surface area contributed by atoms with Crippen molar-refractivity contribution in [1.29, 1.82) is 0 Å². The number of aromatic amines is 1. The van der Waals surface area contributed by atoms with Gasteiger partial charge in [-0.1, -0.05) is 12.1 Å². The van der Waals surface area contributed by atoms with Crippen LogP contribution >= 0.6 is 0 Å². The van der Waals surface area contributed by atoms with Crippen LogP contribution in [0, 0.1) is 11.6 Å². The summed E-state index contributed by atoms with van der Waals surface area (Å²) in [6, 6.07) is 9.39. The van der Waals surface area contributed by atoms with Gasteiger partial charge in [0.15, 0.2) is 11.6 Å². The minimum atomic E-state index is -1.04. The predicted molar refractivity (Wildman–Crippen MR) is 101 cm³/mol. The quantitative estimate of drug-likeness (QED) is 0.717. The van der Waals surface area contributed by atoms with Gasteiger partial charge >= 0.3 is 0 Å². The molecule has 0 saturated heterocycles. The van der Waals surface area contributed by atoms with Crippen molar-refractivity contribution >= 4 is 10.8 Å². The first-order valence-electron chi connectivity index (χ1n) is 8.99. The molecule has 0 amide bonds. The van der Waals surface area contributed by atoms with E-state index in [4.69, 9.17) is 9.47 Å². The first kappa shape index (κ1) is 18.6. The molecule has 0 radical (unpaired) electrons. The van der Waals surface area contributed by atoms with Crippen LogP contribution in [0.3, 0.4) is 0 Å². The Morgan fingerprint density at radius 2 is 1.86 bits per heavy atom. The molecule has 0 aliphatic carbocycles. The van der Waals surface area contributed by atoms with E-state index in [2.05, 4.69) is 10.3 Å². The smallest absolute Gasteiger partial charge is 0.256 e. The number of halogens is 2. The standard InChI is InChI=1S/C21H20F2N2O3/c1-11(12-3-5-13(27-2)6-4-12)24-18-9-28-10-19-20(18)14-7-16(22)17(23)8-15(14)21(26)25-19/h3-8,11,18,24H,9-10H2,1-2H3,(H,25,26)/t11-,18-/m1/s1. The van der Waals surface area contributed by atoms with E-state index in [1.165, 1.54) is 0 Å². The van der Waals surface area contributed by atoms with Gasteiger partial charge < -0.3 is 19.8 Å². The van der Waals surface area contributed by atoms with Crippen molar-refractivity contribution < 1.29 is 18.3 Å². The number of ether oxygens (including phenoxy) is 2. The Morgan fingerprint density at radius 1 is 1.18 bits per heavy atom. The molecule has 0 spiro atoms. The molecule has 0 unspecified atom stereocenters. The summed E-state index contributed by atoms with van der Waals surface area (Å²) in [6.07, 6.45) is 0. The summed E-state index contributed by atoms with van der Waals surface area (Å²) < 4.78 is 38.4. The van der Waals surface area contributed by atoms with Crippen molar-refractivity contribution in [1.82, 2.24) is 10.3 Å². The highest BCUT2D eigenvalue weighted by atomic mass is 19.2. The number of methoxy groups -OCH3 is 1. The second-order valence-electron chi connectivity index (χ2n) is 6.89. The first-order valence-corrected chi connectivity index (χ1v) is 8.99. The average Bonchev–Trinajstić information content (AvgIpc) is 2.69. The predicted octanol–water partition coefficient (Wildman–Crippen LogP) is 3.74. The van der Waals surface area contributed by atoms with Crippen LogP contribution < -0.4 is 15.6 Å². The molecule has 2 aromatic carbocycles. The molecule has 1 aliphatic rings. The minimum absolute atomic E-state index is 0.0438. The molecular weight excluding hydrogens is 366 g/mol. The van der Waals surface area contributed by atoms with Crippen LogP contribution in [0.25, 0.3) is 10.8 Å². The lowest BCUT2D eigenvalue weighted by atomic mass is 9.95. The second-order valence-corrected chi connectivity index (χ2v) is 6.89. The van der Waals surface area contributed by atoms with Crippen LogP contribution in [0.5, 0.6) is 5.75 Å². The van der Waals surface area contributed by atoms with Gasteiger partial charge in [0.05, 0.1) is 31.8 Å². The van der Waals surface area contributed by atoms with E-state index >= 15 is 0 Å². The fraction of sp³-hybridized carbons (Fsp3) is 0.286. The molecule has 2 heterocycles. The monoisotopic (exact) mass is 386 g/mol. The molecule has 7 heteroatoms. The van der Waals surface area contributed by atoms with Crippen molar-refractivity contribution in [3.63, 3.8) is 0 Å². The number of aromatic nitrogens is 1. The summed E-state index contributed by atoms with van der Waals surface area (Å²) in [6.45, 7) is 2.58. The Hall–Kier alpha value is -2.77. The van der Waals surface area contributed by atoms with Crippen molar-refractivity contribution in [3.05, 3.63) is 75.2 Å². The Balaban J connectivity index is 1.74. The van der Waals surface area contributed by atoms with Crippen molar-refractivity contribution in [2.45, 2.75) is 25.6 Å². The summed E-state index contributed by atoms with van der Waals surface area (Å²) in [7, 11) is 1.61. The Labute approximate surface area is 160 Å². The fourth-order valence-electron chi connectivity index (χ4n) is 3.69. The fourth-order valence-corrected chi connectivity index (χ4v) is 3.69. The number of rotatable bonds is 4. The van der Waals surface area contributed by atoms with Gasteiger partial charge in [-0.25, -0.2) is 8.78 Å². The normalized spacial score (nSPS) is 17.4. The third kappa shape index (κ3) is 3.27. The summed E-state index contributed by atoms with van der Waals surface area (Å²) in [5.41, 5.74) is 1.90. The van der Waals surface area contributed by atoms with Crippen LogP contribution in [-0.4, -0.2) is 18.7 Å².